The highest BCUT2D eigenvalue weighted by Gasteiger charge is 2.71. The third-order valence-corrected chi connectivity index (χ3v) is 22.6. The molecule has 5 aliphatic carbocycles. The van der Waals surface area contributed by atoms with E-state index in [1.165, 1.54) is 5.57 Å². The number of hydrogen-bond donors (Lipinski definition) is 3. The molecule has 19 unspecified atom stereocenters. The molecule has 2 saturated heterocycles. The number of ketones is 1. The molecule has 0 spiro atoms. The van der Waals surface area contributed by atoms with Crippen molar-refractivity contribution in [3.8, 4) is 0 Å². The van der Waals surface area contributed by atoms with E-state index in [1.807, 2.05) is 13.0 Å². The summed E-state index contributed by atoms with van der Waals surface area (Å²) in [7, 11) is 0. The molecule has 91 heavy (non-hydrogen) atoms. The van der Waals surface area contributed by atoms with E-state index in [1.54, 1.807) is 0 Å². The lowest BCUT2D eigenvalue weighted by Crippen LogP contribution is -2.70. The van der Waals surface area contributed by atoms with Gasteiger partial charge in [-0.1, -0.05) is 133 Å². The van der Waals surface area contributed by atoms with Gasteiger partial charge in [0.15, 0.2) is 67.2 Å². The first kappa shape index (κ1) is 73.4. The minimum atomic E-state index is -1.94. The normalized spacial score (nSPS) is 37.3. The molecule has 7 rings (SSSR count). The van der Waals surface area contributed by atoms with Crippen LogP contribution in [0.1, 0.15) is 239 Å². The number of carbonyl (C=O) groups excluding carboxylic acids is 9. The lowest BCUT2D eigenvalue weighted by atomic mass is 9.33. The summed E-state index contributed by atoms with van der Waals surface area (Å²) >= 11 is 0. The standard InChI is InChI=1S/C70H111N3O18/c1-16-19-22-25-36-71-60(80)55-52(84-42(5)75)54(86-44(7)77)58(91-63-57(87-45(8)78)53(85-43(6)76)51(83-41(4)74)56(90-63)61(81)72-37-26-23-20-17-2)62(89-55)88-50-29-30-68(13)49(65(50,9)10)28-31-70(15)59(68)48(79)39-46-47-40-67(12,64(82)73-38-27-24-21-18-3)33-32-66(47,11)34-35-69(46,70)14/h39,47,49-59,62-63H,16-38,40H2,1-15H3,(H,71,80)(H,72,81)(H,73,82). The van der Waals surface area contributed by atoms with Crippen molar-refractivity contribution in [1.82, 2.24) is 16.0 Å². The van der Waals surface area contributed by atoms with Gasteiger partial charge in [0.1, 0.15) is 0 Å². The van der Waals surface area contributed by atoms with E-state index in [0.29, 0.717) is 38.6 Å². The van der Waals surface area contributed by atoms with Gasteiger partial charge in [-0.15, -0.1) is 0 Å². The van der Waals surface area contributed by atoms with Crippen LogP contribution in [-0.2, 0) is 85.8 Å². The van der Waals surface area contributed by atoms with E-state index >= 15 is 4.79 Å². The van der Waals surface area contributed by atoms with Crippen LogP contribution in [0, 0.1) is 50.2 Å². The minimum Gasteiger partial charge on any atom is -0.455 e. The van der Waals surface area contributed by atoms with E-state index in [-0.39, 0.29) is 53.4 Å². The molecule has 514 valence electrons. The van der Waals surface area contributed by atoms with Gasteiger partial charge in [0.2, 0.25) is 5.91 Å². The van der Waals surface area contributed by atoms with E-state index in [2.05, 4.69) is 78.3 Å². The van der Waals surface area contributed by atoms with Crippen LogP contribution in [0.15, 0.2) is 11.6 Å². The summed E-state index contributed by atoms with van der Waals surface area (Å²) in [5.74, 6) is -6.16. The fourth-order valence-corrected chi connectivity index (χ4v) is 17.6. The molecule has 2 aliphatic heterocycles. The van der Waals surface area contributed by atoms with Crippen LogP contribution < -0.4 is 16.0 Å². The van der Waals surface area contributed by atoms with Crippen molar-refractivity contribution in [3.05, 3.63) is 11.6 Å². The number of hydrogen-bond acceptors (Lipinski definition) is 18. The molecule has 3 N–H and O–H groups in total. The summed E-state index contributed by atoms with van der Waals surface area (Å²) in [6.07, 6.45) is 1.32. The Kier molecular flexibility index (Phi) is 24.7. The number of esters is 5. The molecule has 0 aromatic heterocycles. The Morgan fingerprint density at radius 3 is 1.45 bits per heavy atom. The first-order valence-electron chi connectivity index (χ1n) is 34.4. The lowest BCUT2D eigenvalue weighted by Gasteiger charge is -2.70. The van der Waals surface area contributed by atoms with E-state index in [4.69, 9.17) is 42.6 Å². The molecule has 3 amide bonds. The Morgan fingerprint density at radius 2 is 0.956 bits per heavy atom. The zero-order valence-electron chi connectivity index (χ0n) is 57.5. The minimum absolute atomic E-state index is 0.0529. The third-order valence-electron chi connectivity index (χ3n) is 22.6. The van der Waals surface area contributed by atoms with E-state index in [0.717, 1.165) is 137 Å². The predicted octanol–water partition coefficient (Wildman–Crippen LogP) is 9.94. The highest BCUT2D eigenvalue weighted by molar-refractivity contribution is 5.96. The van der Waals surface area contributed by atoms with Gasteiger partial charge in [-0.25, -0.2) is 0 Å². The molecule has 0 bridgehead atoms. The second kappa shape index (κ2) is 30.6. The van der Waals surface area contributed by atoms with Crippen LogP contribution in [0.25, 0.3) is 0 Å². The fourth-order valence-electron chi connectivity index (χ4n) is 17.6. The SMILES string of the molecule is CCCCCCNC(=O)C1OC(OC2C(OC3CCC4(C)C(CCC5(C)C4C(=O)C=C4C6CC(C)(C(=O)NCCCCCC)CCC6(C)CCC45C)C3(C)C)OC(C(=O)NCCCCCC)C(OC(C)=O)C2OC(C)=O)C(OC(C)=O)C(OC(C)=O)C1OC(C)=O. The summed E-state index contributed by atoms with van der Waals surface area (Å²) in [6, 6.07) is 0. The summed E-state index contributed by atoms with van der Waals surface area (Å²) in [5, 5.41) is 9.05. The van der Waals surface area contributed by atoms with E-state index < -0.39 is 131 Å². The van der Waals surface area contributed by atoms with Crippen LogP contribution in [0.3, 0.4) is 0 Å². The fraction of sp³-hybridized carbons (Fsp3) is 0.843. The van der Waals surface area contributed by atoms with Crippen LogP contribution >= 0.6 is 0 Å². The Balaban J connectivity index is 1.27. The molecule has 0 radical (unpaired) electrons. The van der Waals surface area contributed by atoms with Gasteiger partial charge in [-0.3, -0.25) is 43.2 Å². The van der Waals surface area contributed by atoms with E-state index in [9.17, 15) is 38.4 Å². The second-order valence-electron chi connectivity index (χ2n) is 29.6. The van der Waals surface area contributed by atoms with Gasteiger partial charge < -0.3 is 58.6 Å². The average molecular weight is 1280 g/mol. The van der Waals surface area contributed by atoms with Gasteiger partial charge >= 0.3 is 29.8 Å². The Hall–Kier alpha value is -4.99. The van der Waals surface area contributed by atoms with Crippen LogP contribution in [-0.4, -0.2) is 141 Å². The maximum absolute atomic E-state index is 15.6. The maximum Gasteiger partial charge on any atom is 0.303 e. The van der Waals surface area contributed by atoms with Crippen molar-refractivity contribution in [2.75, 3.05) is 19.6 Å². The van der Waals surface area contributed by atoms with Crippen LogP contribution in [0.4, 0.5) is 0 Å². The summed E-state index contributed by atoms with van der Waals surface area (Å²) in [6.45, 7) is 28.6. The highest BCUT2D eigenvalue weighted by Crippen LogP contribution is 2.75. The van der Waals surface area contributed by atoms with Crippen LogP contribution in [0.5, 0.6) is 0 Å². The molecule has 21 nitrogen and oxygen atoms in total. The Morgan fingerprint density at radius 1 is 0.505 bits per heavy atom. The molecule has 7 aliphatic rings. The largest absolute Gasteiger partial charge is 0.455 e. The molecule has 0 aromatic rings. The Labute approximate surface area is 540 Å². The zero-order chi connectivity index (χ0) is 67.0. The molecule has 6 fully saturated rings. The second-order valence-corrected chi connectivity index (χ2v) is 29.6. The topological polar surface area (TPSA) is 273 Å². The molecular weight excluding hydrogens is 1170 g/mol. The van der Waals surface area contributed by atoms with Crippen molar-refractivity contribution in [1.29, 1.82) is 0 Å². The number of amides is 3. The number of carbonyl (C=O) groups is 9. The van der Waals surface area contributed by atoms with Gasteiger partial charge in [0, 0.05) is 65.6 Å². The molecule has 4 saturated carbocycles. The maximum atomic E-state index is 15.6. The number of unbranched alkanes of at least 4 members (excludes halogenated alkanes) is 9. The smallest absolute Gasteiger partial charge is 0.303 e. The third kappa shape index (κ3) is 15.9. The van der Waals surface area contributed by atoms with Crippen molar-refractivity contribution < 1.29 is 85.8 Å². The first-order chi connectivity index (χ1) is 42.9. The Bertz CT molecular complexity index is 2660. The quantitative estimate of drug-likeness (QED) is 0.0299. The number of nitrogens with one attached hydrogen (secondary N) is 3. The van der Waals surface area contributed by atoms with Crippen molar-refractivity contribution in [3.63, 3.8) is 0 Å². The van der Waals surface area contributed by atoms with Crippen molar-refractivity contribution in [2.45, 2.75) is 306 Å². The summed E-state index contributed by atoms with van der Waals surface area (Å²) in [4.78, 5) is 125. The predicted molar refractivity (Wildman–Crippen MR) is 336 cm³/mol. The first-order valence-corrected chi connectivity index (χ1v) is 34.4. The highest BCUT2D eigenvalue weighted by atomic mass is 16.8. The van der Waals surface area contributed by atoms with Gasteiger partial charge in [-0.05, 0) is 122 Å². The molecule has 2 heterocycles. The summed E-state index contributed by atoms with van der Waals surface area (Å²) < 4.78 is 56.8. The number of allylic oxidation sites excluding steroid dienone is 2. The molecule has 19 atom stereocenters. The summed E-state index contributed by atoms with van der Waals surface area (Å²) in [5.41, 5.74) is -1.50. The van der Waals surface area contributed by atoms with Crippen molar-refractivity contribution in [2.24, 2.45) is 50.2 Å². The average Bonchev–Trinajstić information content (AvgIpc) is 0.675. The van der Waals surface area contributed by atoms with Gasteiger partial charge in [0.05, 0.1) is 6.10 Å². The molecular formula is C70H111N3O18. The lowest BCUT2D eigenvalue weighted by molar-refractivity contribution is -0.370. The molecule has 21 heteroatoms. The van der Waals surface area contributed by atoms with Crippen molar-refractivity contribution >= 4 is 53.4 Å². The zero-order valence-corrected chi connectivity index (χ0v) is 57.5. The number of ether oxygens (including phenoxy) is 9. The number of rotatable bonds is 27. The van der Waals surface area contributed by atoms with Gasteiger partial charge in [-0.2, -0.15) is 0 Å². The van der Waals surface area contributed by atoms with Crippen LogP contribution in [0.2, 0.25) is 0 Å². The van der Waals surface area contributed by atoms with Gasteiger partial charge in [0.25, 0.3) is 11.8 Å². The molecule has 0 aromatic carbocycles. The monoisotopic (exact) mass is 1280 g/mol. The number of fused-ring (bicyclic) bond motifs is 7.